The van der Waals surface area contributed by atoms with Crippen LogP contribution < -0.4 is 5.73 Å². The van der Waals surface area contributed by atoms with Crippen molar-refractivity contribution in [1.82, 2.24) is 0 Å². The first-order valence-corrected chi connectivity index (χ1v) is 4.22. The maximum absolute atomic E-state index is 13.2. The van der Waals surface area contributed by atoms with Gasteiger partial charge >= 0.3 is 0 Å². The van der Waals surface area contributed by atoms with Gasteiger partial charge < -0.3 is 5.73 Å². The molecule has 0 aliphatic heterocycles. The summed E-state index contributed by atoms with van der Waals surface area (Å²) in [6.45, 7) is 3.63. The number of hydrogen-bond acceptors (Lipinski definition) is 1. The minimum absolute atomic E-state index is 0.143. The summed E-state index contributed by atoms with van der Waals surface area (Å²) in [7, 11) is 0. The smallest absolute Gasteiger partial charge is 0.127 e. The van der Waals surface area contributed by atoms with Gasteiger partial charge in [0.1, 0.15) is 11.6 Å². The van der Waals surface area contributed by atoms with Gasteiger partial charge in [-0.1, -0.05) is 6.92 Å². The first kappa shape index (κ1) is 10.1. The Kier molecular flexibility index (Phi) is 2.98. The van der Waals surface area contributed by atoms with Gasteiger partial charge in [-0.2, -0.15) is 0 Å². The van der Waals surface area contributed by atoms with Crippen LogP contribution in [0.2, 0.25) is 0 Å². The summed E-state index contributed by atoms with van der Waals surface area (Å²) in [5, 5.41) is 0. The van der Waals surface area contributed by atoms with Crippen LogP contribution in [0.5, 0.6) is 0 Å². The molecule has 0 heterocycles. The van der Waals surface area contributed by atoms with Crippen LogP contribution in [-0.4, -0.2) is 6.54 Å². The largest absolute Gasteiger partial charge is 0.330 e. The molecule has 2 N–H and O–H groups in total. The van der Waals surface area contributed by atoms with Gasteiger partial charge in [-0.3, -0.25) is 0 Å². The van der Waals surface area contributed by atoms with Crippen molar-refractivity contribution < 1.29 is 8.78 Å². The second kappa shape index (κ2) is 3.83. The maximum Gasteiger partial charge on any atom is 0.127 e. The zero-order valence-corrected chi connectivity index (χ0v) is 7.77. The number of nitrogens with two attached hydrogens (primary N) is 1. The minimum Gasteiger partial charge on any atom is -0.330 e. The highest BCUT2D eigenvalue weighted by atomic mass is 19.1. The van der Waals surface area contributed by atoms with Gasteiger partial charge in [0.2, 0.25) is 0 Å². The van der Waals surface area contributed by atoms with Crippen molar-refractivity contribution in [2.24, 2.45) is 5.73 Å². The fourth-order valence-electron chi connectivity index (χ4n) is 1.17. The molecule has 0 fully saturated rings. The summed E-state index contributed by atoms with van der Waals surface area (Å²) < 4.78 is 26.3. The fourth-order valence-corrected chi connectivity index (χ4v) is 1.17. The predicted octanol–water partition coefficient (Wildman–Crippen LogP) is 2.34. The third kappa shape index (κ3) is 2.04. The molecule has 1 aromatic carbocycles. The highest BCUT2D eigenvalue weighted by molar-refractivity contribution is 5.27. The molecule has 0 aliphatic carbocycles. The summed E-state index contributed by atoms with van der Waals surface area (Å²) in [5.41, 5.74) is 6.05. The molecule has 72 valence electrons. The molecule has 0 aliphatic rings. The molecule has 1 rings (SSSR count). The number of benzene rings is 1. The molecule has 0 spiro atoms. The third-order valence-electron chi connectivity index (χ3n) is 2.16. The lowest BCUT2D eigenvalue weighted by Gasteiger charge is -2.10. The van der Waals surface area contributed by atoms with Crippen LogP contribution in [0.3, 0.4) is 0 Å². The lowest BCUT2D eigenvalue weighted by Crippen LogP contribution is -2.11. The van der Waals surface area contributed by atoms with Crippen LogP contribution >= 0.6 is 0 Å². The van der Waals surface area contributed by atoms with Crippen LogP contribution in [0.25, 0.3) is 0 Å². The molecule has 0 saturated carbocycles. The van der Waals surface area contributed by atoms with E-state index in [1.54, 1.807) is 6.92 Å². The van der Waals surface area contributed by atoms with E-state index in [4.69, 9.17) is 5.73 Å². The van der Waals surface area contributed by atoms with Crippen molar-refractivity contribution >= 4 is 0 Å². The van der Waals surface area contributed by atoms with Crippen molar-refractivity contribution in [3.05, 3.63) is 34.9 Å². The van der Waals surface area contributed by atoms with E-state index in [0.29, 0.717) is 17.7 Å². The summed E-state index contributed by atoms with van der Waals surface area (Å²) in [5.74, 6) is -0.899. The van der Waals surface area contributed by atoms with Crippen molar-refractivity contribution in [1.29, 1.82) is 0 Å². The van der Waals surface area contributed by atoms with Crippen molar-refractivity contribution in [3.8, 4) is 0 Å². The molecule has 1 aromatic rings. The van der Waals surface area contributed by atoms with E-state index >= 15 is 0 Å². The molecular weight excluding hydrogens is 172 g/mol. The maximum atomic E-state index is 13.2. The monoisotopic (exact) mass is 185 g/mol. The Morgan fingerprint density at radius 3 is 2.46 bits per heavy atom. The van der Waals surface area contributed by atoms with Crippen LogP contribution in [0.4, 0.5) is 8.78 Å². The third-order valence-corrected chi connectivity index (χ3v) is 2.16. The molecular formula is C10H13F2N. The Labute approximate surface area is 76.6 Å². The first-order valence-electron chi connectivity index (χ1n) is 4.22. The van der Waals surface area contributed by atoms with E-state index in [0.717, 1.165) is 0 Å². The lowest BCUT2D eigenvalue weighted by atomic mass is 9.99. The van der Waals surface area contributed by atoms with Crippen molar-refractivity contribution in [2.45, 2.75) is 19.8 Å². The topological polar surface area (TPSA) is 26.0 Å². The summed E-state index contributed by atoms with van der Waals surface area (Å²) in [6, 6.07) is 2.43. The lowest BCUT2D eigenvalue weighted by molar-refractivity contribution is 0.564. The molecule has 3 heteroatoms. The van der Waals surface area contributed by atoms with Gasteiger partial charge in [0.15, 0.2) is 0 Å². The Hall–Kier alpha value is -0.960. The SMILES string of the molecule is Cc1cc(F)c([C@@H](C)CN)cc1F. The van der Waals surface area contributed by atoms with E-state index in [9.17, 15) is 8.78 Å². The first-order chi connectivity index (χ1) is 6.06. The zero-order valence-electron chi connectivity index (χ0n) is 7.77. The van der Waals surface area contributed by atoms with Crippen molar-refractivity contribution in [2.75, 3.05) is 6.54 Å². The number of hydrogen-bond donors (Lipinski definition) is 1. The molecule has 0 aromatic heterocycles. The van der Waals surface area contributed by atoms with Gasteiger partial charge in [-0.05, 0) is 42.6 Å². The average Bonchev–Trinajstić information content (AvgIpc) is 2.10. The van der Waals surface area contributed by atoms with Crippen LogP contribution in [0.15, 0.2) is 12.1 Å². The number of aryl methyl sites for hydroxylation is 1. The fraction of sp³-hybridized carbons (Fsp3) is 0.400. The summed E-state index contributed by atoms with van der Waals surface area (Å²) >= 11 is 0. The van der Waals surface area contributed by atoms with Crippen LogP contribution in [-0.2, 0) is 0 Å². The minimum atomic E-state index is -0.378. The van der Waals surface area contributed by atoms with Gasteiger partial charge in [0.05, 0.1) is 0 Å². The highest BCUT2D eigenvalue weighted by Gasteiger charge is 2.12. The highest BCUT2D eigenvalue weighted by Crippen LogP contribution is 2.21. The molecule has 1 atom stereocenters. The Morgan fingerprint density at radius 1 is 1.31 bits per heavy atom. The summed E-state index contributed by atoms with van der Waals surface area (Å²) in [6.07, 6.45) is 0. The number of rotatable bonds is 2. The second-order valence-corrected chi connectivity index (χ2v) is 3.26. The van der Waals surface area contributed by atoms with Crippen LogP contribution in [0.1, 0.15) is 24.0 Å². The van der Waals surface area contributed by atoms with Gasteiger partial charge in [-0.15, -0.1) is 0 Å². The molecule has 1 nitrogen and oxygen atoms in total. The Morgan fingerprint density at radius 2 is 1.92 bits per heavy atom. The van der Waals surface area contributed by atoms with E-state index < -0.39 is 0 Å². The van der Waals surface area contributed by atoms with E-state index in [-0.39, 0.29) is 17.6 Å². The second-order valence-electron chi connectivity index (χ2n) is 3.26. The van der Waals surface area contributed by atoms with Crippen molar-refractivity contribution in [3.63, 3.8) is 0 Å². The zero-order chi connectivity index (χ0) is 10.0. The quantitative estimate of drug-likeness (QED) is 0.751. The average molecular weight is 185 g/mol. The standard InChI is InChI=1S/C10H13F2N/c1-6-3-10(12)8(4-9(6)11)7(2)5-13/h3-4,7H,5,13H2,1-2H3/t7-/m0/s1. The summed E-state index contributed by atoms with van der Waals surface area (Å²) in [4.78, 5) is 0. The molecule has 0 amide bonds. The van der Waals surface area contributed by atoms with Gasteiger partial charge in [0.25, 0.3) is 0 Å². The Balaban J connectivity index is 3.15. The van der Waals surface area contributed by atoms with Gasteiger partial charge in [0, 0.05) is 0 Å². The van der Waals surface area contributed by atoms with E-state index in [2.05, 4.69) is 0 Å². The predicted molar refractivity (Wildman–Crippen MR) is 48.6 cm³/mol. The van der Waals surface area contributed by atoms with Gasteiger partial charge in [-0.25, -0.2) is 8.78 Å². The molecule has 0 radical (unpaired) electrons. The van der Waals surface area contributed by atoms with E-state index in [1.165, 1.54) is 19.1 Å². The number of halogens is 2. The van der Waals surface area contributed by atoms with E-state index in [1.807, 2.05) is 0 Å². The molecule has 0 bridgehead atoms. The molecule has 0 saturated heterocycles. The Bertz CT molecular complexity index is 310. The normalized spacial score (nSPS) is 13.0. The molecule has 13 heavy (non-hydrogen) atoms. The van der Waals surface area contributed by atoms with Crippen LogP contribution in [0, 0.1) is 18.6 Å². The molecule has 0 unspecified atom stereocenters.